The van der Waals surface area contributed by atoms with Crippen molar-refractivity contribution in [1.29, 1.82) is 0 Å². The fraction of sp³-hybridized carbons (Fsp3) is 0.647. The average Bonchev–Trinajstić information content (AvgIpc) is 3.55. The maximum Gasteiger partial charge on any atom is 0.326 e. The summed E-state index contributed by atoms with van der Waals surface area (Å²) >= 11 is 0. The molecule has 5 N–H and O–H groups in total. The Bertz CT molecular complexity index is 1440. The molecule has 4 fully saturated rings. The van der Waals surface area contributed by atoms with Gasteiger partial charge in [-0.25, -0.2) is 4.79 Å². The van der Waals surface area contributed by atoms with E-state index in [4.69, 9.17) is 4.84 Å². The third-order valence-corrected chi connectivity index (χ3v) is 12.0. The van der Waals surface area contributed by atoms with Crippen molar-refractivity contribution >= 4 is 34.4 Å². The van der Waals surface area contributed by atoms with Crippen LogP contribution in [0.5, 0.6) is 0 Å². The van der Waals surface area contributed by atoms with Crippen LogP contribution in [0.1, 0.15) is 77.2 Å². The zero-order chi connectivity index (χ0) is 31.1. The van der Waals surface area contributed by atoms with Gasteiger partial charge in [-0.1, -0.05) is 37.2 Å². The van der Waals surface area contributed by atoms with E-state index in [1.165, 1.54) is 19.3 Å². The number of H-pyrrole nitrogens is 1. The molecule has 238 valence electrons. The van der Waals surface area contributed by atoms with Crippen LogP contribution in [-0.4, -0.2) is 64.0 Å². The highest BCUT2D eigenvalue weighted by Gasteiger charge is 2.59. The predicted molar refractivity (Wildman–Crippen MR) is 166 cm³/mol. The van der Waals surface area contributed by atoms with E-state index in [0.29, 0.717) is 23.7 Å². The van der Waals surface area contributed by atoms with Gasteiger partial charge in [-0.2, -0.15) is 0 Å². The molecule has 44 heavy (non-hydrogen) atoms. The van der Waals surface area contributed by atoms with Crippen LogP contribution < -0.4 is 10.6 Å². The first-order valence-corrected chi connectivity index (χ1v) is 16.3. The predicted octanol–water partition coefficient (Wildman–Crippen LogP) is 4.17. The highest BCUT2D eigenvalue weighted by Crippen LogP contribution is 2.66. The summed E-state index contributed by atoms with van der Waals surface area (Å²) in [4.78, 5) is 45.2. The van der Waals surface area contributed by atoms with Gasteiger partial charge in [0.05, 0.1) is 18.4 Å². The number of carboxylic acid groups (broad SMARTS) is 1. The van der Waals surface area contributed by atoms with Gasteiger partial charge in [-0.3, -0.25) is 9.59 Å². The Kier molecular flexibility index (Phi) is 8.48. The van der Waals surface area contributed by atoms with E-state index >= 15 is 0 Å². The molecule has 2 aromatic rings. The number of carboxylic acids is 1. The lowest BCUT2D eigenvalue weighted by molar-refractivity contribution is -0.141. The first-order valence-electron chi connectivity index (χ1n) is 16.3. The second-order valence-electron chi connectivity index (χ2n) is 14.2. The highest BCUT2D eigenvalue weighted by molar-refractivity contribution is 5.89. The van der Waals surface area contributed by atoms with Gasteiger partial charge < -0.3 is 30.7 Å². The zero-order valence-electron chi connectivity index (χ0n) is 25.8. The minimum Gasteiger partial charge on any atom is -0.480 e. The Labute approximate surface area is 258 Å². The topological polar surface area (TPSA) is 153 Å². The molecule has 0 spiro atoms. The van der Waals surface area contributed by atoms with Gasteiger partial charge in [0, 0.05) is 23.5 Å². The van der Waals surface area contributed by atoms with E-state index in [1.807, 2.05) is 24.3 Å². The van der Waals surface area contributed by atoms with Gasteiger partial charge in [-0.05, 0) is 104 Å². The lowest BCUT2D eigenvalue weighted by atomic mass is 9.45. The van der Waals surface area contributed by atoms with Crippen LogP contribution in [0.15, 0.2) is 35.6 Å². The summed E-state index contributed by atoms with van der Waals surface area (Å²) in [6.45, 7) is 4.15. The van der Waals surface area contributed by atoms with Gasteiger partial charge in [0.25, 0.3) is 5.91 Å². The van der Waals surface area contributed by atoms with Gasteiger partial charge in [0.1, 0.15) is 6.04 Å². The van der Waals surface area contributed by atoms with Crippen LogP contribution >= 0.6 is 0 Å². The van der Waals surface area contributed by atoms with Crippen LogP contribution in [0, 0.1) is 34.5 Å². The largest absolute Gasteiger partial charge is 0.480 e. The van der Waals surface area contributed by atoms with Gasteiger partial charge in [0.15, 0.2) is 6.61 Å². The molecule has 8 atom stereocenters. The Balaban J connectivity index is 0.951. The van der Waals surface area contributed by atoms with Crippen molar-refractivity contribution in [2.45, 2.75) is 90.2 Å². The van der Waals surface area contributed by atoms with Crippen molar-refractivity contribution < 1.29 is 29.4 Å². The molecule has 0 unspecified atom stereocenters. The van der Waals surface area contributed by atoms with Gasteiger partial charge >= 0.3 is 5.97 Å². The van der Waals surface area contributed by atoms with E-state index in [-0.39, 0.29) is 36.5 Å². The number of para-hydroxylation sites is 1. The lowest BCUT2D eigenvalue weighted by Gasteiger charge is -2.60. The lowest BCUT2D eigenvalue weighted by Crippen LogP contribution is -2.54. The number of nitrogens with zero attached hydrogens (tertiary/aromatic N) is 1. The van der Waals surface area contributed by atoms with E-state index in [2.05, 4.69) is 34.6 Å². The number of carbonyl (C=O) groups is 3. The molecular weight excluding hydrogens is 560 g/mol. The molecule has 0 aliphatic heterocycles. The summed E-state index contributed by atoms with van der Waals surface area (Å²) in [6, 6.07) is 6.44. The van der Waals surface area contributed by atoms with E-state index in [9.17, 15) is 24.6 Å². The van der Waals surface area contributed by atoms with Crippen molar-refractivity contribution in [2.75, 3.05) is 13.2 Å². The van der Waals surface area contributed by atoms with E-state index in [0.717, 1.165) is 60.7 Å². The first kappa shape index (κ1) is 30.6. The Morgan fingerprint density at radius 3 is 2.66 bits per heavy atom. The van der Waals surface area contributed by atoms with Crippen molar-refractivity contribution in [1.82, 2.24) is 15.6 Å². The molecule has 4 saturated carbocycles. The quantitative estimate of drug-likeness (QED) is 0.270. The molecule has 1 aromatic carbocycles. The summed E-state index contributed by atoms with van der Waals surface area (Å²) in [5.41, 5.74) is 3.05. The number of hydrogen-bond donors (Lipinski definition) is 5. The molecule has 1 heterocycles. The maximum atomic E-state index is 12.5. The number of aliphatic hydroxyl groups is 1. The molecular formula is C34H46N4O6. The maximum absolute atomic E-state index is 12.5. The van der Waals surface area contributed by atoms with Crippen LogP contribution in [0.2, 0.25) is 0 Å². The number of hydrogen-bond acceptors (Lipinski definition) is 6. The number of oxime groups is 1. The molecule has 0 bridgehead atoms. The number of fused-ring (bicyclic) bond motifs is 6. The summed E-state index contributed by atoms with van der Waals surface area (Å²) in [6.07, 6.45) is 11.4. The second kappa shape index (κ2) is 12.2. The SMILES string of the molecule is C[C@]12CCC(=NOCC(=O)NCC(=O)N[C@H](Cc3c[nH]c4ccccc34)C(=O)O)C[C@@H]1CC[C@@H]1[C@H]2CC[C@]2(C)[C@H](O)CC[C@H]12. The van der Waals surface area contributed by atoms with Gasteiger partial charge in [-0.15, -0.1) is 0 Å². The number of aromatic amines is 1. The number of aliphatic carboxylic acids is 1. The number of aliphatic hydroxyl groups excluding tert-OH is 1. The summed E-state index contributed by atoms with van der Waals surface area (Å²) in [5, 5.41) is 30.6. The Morgan fingerprint density at radius 1 is 1.05 bits per heavy atom. The summed E-state index contributed by atoms with van der Waals surface area (Å²) in [7, 11) is 0. The van der Waals surface area contributed by atoms with Crippen LogP contribution in [0.4, 0.5) is 0 Å². The van der Waals surface area contributed by atoms with Crippen LogP contribution in [0.3, 0.4) is 0 Å². The molecule has 6 rings (SSSR count). The molecule has 0 saturated heterocycles. The number of nitrogens with one attached hydrogen (secondary N) is 3. The normalized spacial score (nSPS) is 34.4. The van der Waals surface area contributed by atoms with E-state index < -0.39 is 23.8 Å². The zero-order valence-corrected chi connectivity index (χ0v) is 25.8. The smallest absolute Gasteiger partial charge is 0.326 e. The Morgan fingerprint density at radius 2 is 1.84 bits per heavy atom. The molecule has 4 aliphatic rings. The van der Waals surface area contributed by atoms with E-state index in [1.54, 1.807) is 6.20 Å². The molecule has 10 nitrogen and oxygen atoms in total. The van der Waals surface area contributed by atoms with Crippen molar-refractivity contribution in [2.24, 2.45) is 39.7 Å². The van der Waals surface area contributed by atoms with Crippen molar-refractivity contribution in [3.8, 4) is 0 Å². The molecule has 10 heteroatoms. The fourth-order valence-corrected chi connectivity index (χ4v) is 9.49. The molecule has 4 aliphatic carbocycles. The third kappa shape index (κ3) is 5.73. The number of benzene rings is 1. The Hall–Kier alpha value is -3.40. The van der Waals surface area contributed by atoms with Gasteiger partial charge in [0.2, 0.25) is 5.91 Å². The second-order valence-corrected chi connectivity index (χ2v) is 14.2. The number of amides is 2. The van der Waals surface area contributed by atoms with Crippen LogP contribution in [-0.2, 0) is 25.6 Å². The third-order valence-electron chi connectivity index (χ3n) is 12.0. The monoisotopic (exact) mass is 606 g/mol. The highest BCUT2D eigenvalue weighted by atomic mass is 16.6. The minimum atomic E-state index is -1.15. The fourth-order valence-electron chi connectivity index (χ4n) is 9.49. The number of aromatic nitrogens is 1. The number of carbonyl (C=O) groups excluding carboxylic acids is 2. The van der Waals surface area contributed by atoms with Crippen molar-refractivity contribution in [3.63, 3.8) is 0 Å². The average molecular weight is 607 g/mol. The first-order chi connectivity index (χ1) is 21.1. The number of rotatable bonds is 9. The summed E-state index contributed by atoms with van der Waals surface area (Å²) < 4.78 is 0. The molecule has 2 amide bonds. The van der Waals surface area contributed by atoms with Crippen molar-refractivity contribution in [3.05, 3.63) is 36.0 Å². The molecule has 0 radical (unpaired) electrons. The molecule has 1 aromatic heterocycles. The van der Waals surface area contributed by atoms with Crippen LogP contribution in [0.25, 0.3) is 10.9 Å². The standard InChI is InChI=1S/C34H46N4O6/c1-33-13-11-22(16-21(33)7-8-24-25-9-10-29(39)34(25,2)14-12-26(24)33)38-44-19-31(41)36-18-30(40)37-28(32(42)43)15-20-17-35-27-6-4-3-5-23(20)27/h3-6,17,21,24-26,28-29,35,39H,7-16,18-19H2,1-2H3,(H,36,41)(H,37,40)(H,42,43)/t21-,24-,25+,26+,28+,29+,33-,34-/m0/s1. The minimum absolute atomic E-state index is 0.0939. The summed E-state index contributed by atoms with van der Waals surface area (Å²) in [5.74, 6) is 0.383.